The standard InChI is InChI=1S/C14H13BrN2O2/c15-12-4-1-3-10(8-12)7-11(14(18)19)9-13-16-5-2-6-17-13/h1-6,8,11H,7,9H2,(H,18,19). The van der Waals surface area contributed by atoms with E-state index in [0.29, 0.717) is 18.7 Å². The van der Waals surface area contributed by atoms with Gasteiger partial charge in [-0.25, -0.2) is 9.97 Å². The molecule has 1 unspecified atom stereocenters. The van der Waals surface area contributed by atoms with E-state index in [-0.39, 0.29) is 0 Å². The van der Waals surface area contributed by atoms with Gasteiger partial charge in [0.2, 0.25) is 0 Å². The van der Waals surface area contributed by atoms with E-state index in [1.54, 1.807) is 18.5 Å². The van der Waals surface area contributed by atoms with E-state index < -0.39 is 11.9 Å². The predicted molar refractivity (Wildman–Crippen MR) is 74.7 cm³/mol. The van der Waals surface area contributed by atoms with E-state index in [0.717, 1.165) is 10.0 Å². The van der Waals surface area contributed by atoms with E-state index in [2.05, 4.69) is 25.9 Å². The summed E-state index contributed by atoms with van der Waals surface area (Å²) in [6, 6.07) is 9.39. The summed E-state index contributed by atoms with van der Waals surface area (Å²) >= 11 is 3.38. The number of carbonyl (C=O) groups is 1. The molecular weight excluding hydrogens is 308 g/mol. The number of aromatic nitrogens is 2. The van der Waals surface area contributed by atoms with Crippen LogP contribution < -0.4 is 0 Å². The Morgan fingerprint density at radius 2 is 1.95 bits per heavy atom. The number of carboxylic acids is 1. The van der Waals surface area contributed by atoms with Gasteiger partial charge in [0.15, 0.2) is 0 Å². The average Bonchev–Trinajstić information content (AvgIpc) is 2.39. The lowest BCUT2D eigenvalue weighted by Crippen LogP contribution is -2.20. The molecule has 0 amide bonds. The van der Waals surface area contributed by atoms with Crippen LogP contribution >= 0.6 is 15.9 Å². The Bertz CT molecular complexity index is 560. The van der Waals surface area contributed by atoms with E-state index in [4.69, 9.17) is 0 Å². The van der Waals surface area contributed by atoms with Gasteiger partial charge in [-0.05, 0) is 30.2 Å². The first-order valence-electron chi connectivity index (χ1n) is 5.88. The molecule has 1 heterocycles. The van der Waals surface area contributed by atoms with Crippen LogP contribution in [0.15, 0.2) is 47.2 Å². The molecule has 0 saturated carbocycles. The van der Waals surface area contributed by atoms with Gasteiger partial charge in [-0.1, -0.05) is 28.1 Å². The van der Waals surface area contributed by atoms with Crippen LogP contribution in [0.1, 0.15) is 11.4 Å². The van der Waals surface area contributed by atoms with Crippen molar-refractivity contribution in [1.29, 1.82) is 0 Å². The minimum atomic E-state index is -0.826. The molecule has 1 N–H and O–H groups in total. The number of carboxylic acid groups (broad SMARTS) is 1. The lowest BCUT2D eigenvalue weighted by molar-refractivity contribution is -0.141. The van der Waals surface area contributed by atoms with Crippen molar-refractivity contribution in [2.75, 3.05) is 0 Å². The SMILES string of the molecule is O=C(O)C(Cc1cccc(Br)c1)Cc1ncccn1. The van der Waals surface area contributed by atoms with E-state index in [1.807, 2.05) is 24.3 Å². The van der Waals surface area contributed by atoms with Crippen molar-refractivity contribution in [1.82, 2.24) is 9.97 Å². The third-order valence-corrected chi connectivity index (χ3v) is 3.26. The Kier molecular flexibility index (Phi) is 4.63. The number of hydrogen-bond donors (Lipinski definition) is 1. The van der Waals surface area contributed by atoms with E-state index >= 15 is 0 Å². The maximum Gasteiger partial charge on any atom is 0.307 e. The summed E-state index contributed by atoms with van der Waals surface area (Å²) in [4.78, 5) is 19.5. The summed E-state index contributed by atoms with van der Waals surface area (Å²) in [5, 5.41) is 9.30. The molecule has 2 rings (SSSR count). The number of rotatable bonds is 5. The number of halogens is 1. The highest BCUT2D eigenvalue weighted by Crippen LogP contribution is 2.17. The minimum Gasteiger partial charge on any atom is -0.481 e. The molecule has 2 aromatic rings. The maximum atomic E-state index is 11.3. The van der Waals surface area contributed by atoms with Gasteiger partial charge in [0, 0.05) is 23.3 Å². The highest BCUT2D eigenvalue weighted by molar-refractivity contribution is 9.10. The first-order chi connectivity index (χ1) is 9.15. The predicted octanol–water partition coefficient (Wildman–Crippen LogP) is 2.73. The minimum absolute atomic E-state index is 0.336. The summed E-state index contributed by atoms with van der Waals surface area (Å²) in [6.45, 7) is 0. The van der Waals surface area contributed by atoms with Crippen molar-refractivity contribution in [2.24, 2.45) is 5.92 Å². The molecule has 0 fully saturated rings. The van der Waals surface area contributed by atoms with Crippen molar-refractivity contribution in [3.8, 4) is 0 Å². The molecule has 0 aliphatic carbocycles. The van der Waals surface area contributed by atoms with Gasteiger partial charge in [-0.3, -0.25) is 4.79 Å². The Hall–Kier alpha value is -1.75. The zero-order valence-electron chi connectivity index (χ0n) is 10.2. The van der Waals surface area contributed by atoms with Crippen molar-refractivity contribution < 1.29 is 9.90 Å². The fraction of sp³-hybridized carbons (Fsp3) is 0.214. The fourth-order valence-electron chi connectivity index (χ4n) is 1.85. The molecule has 0 aliphatic heterocycles. The van der Waals surface area contributed by atoms with Crippen LogP contribution in [0, 0.1) is 5.92 Å². The van der Waals surface area contributed by atoms with E-state index in [1.165, 1.54) is 0 Å². The van der Waals surface area contributed by atoms with Gasteiger partial charge in [0.05, 0.1) is 5.92 Å². The van der Waals surface area contributed by atoms with Crippen LogP contribution in [0.5, 0.6) is 0 Å². The van der Waals surface area contributed by atoms with Crippen molar-refractivity contribution in [3.05, 3.63) is 58.6 Å². The van der Waals surface area contributed by atoms with Crippen LogP contribution in [0.25, 0.3) is 0 Å². The highest BCUT2D eigenvalue weighted by atomic mass is 79.9. The molecule has 0 bridgehead atoms. The van der Waals surface area contributed by atoms with Gasteiger partial charge in [0.25, 0.3) is 0 Å². The second kappa shape index (κ2) is 6.43. The van der Waals surface area contributed by atoms with Crippen LogP contribution in [-0.4, -0.2) is 21.0 Å². The second-order valence-electron chi connectivity index (χ2n) is 4.24. The molecule has 19 heavy (non-hydrogen) atoms. The molecule has 1 atom stereocenters. The summed E-state index contributed by atoms with van der Waals surface area (Å²) in [7, 11) is 0. The van der Waals surface area contributed by atoms with Crippen LogP contribution in [0.3, 0.4) is 0 Å². The average molecular weight is 321 g/mol. The molecule has 4 nitrogen and oxygen atoms in total. The smallest absolute Gasteiger partial charge is 0.307 e. The Morgan fingerprint density at radius 1 is 1.21 bits per heavy atom. The normalized spacial score (nSPS) is 12.1. The monoisotopic (exact) mass is 320 g/mol. The largest absolute Gasteiger partial charge is 0.481 e. The van der Waals surface area contributed by atoms with Crippen molar-refractivity contribution in [3.63, 3.8) is 0 Å². The number of nitrogens with zero attached hydrogens (tertiary/aromatic N) is 2. The van der Waals surface area contributed by atoms with Gasteiger partial charge >= 0.3 is 5.97 Å². The van der Waals surface area contributed by atoms with Crippen LogP contribution in [0.4, 0.5) is 0 Å². The molecule has 0 aliphatic rings. The lowest BCUT2D eigenvalue weighted by atomic mass is 9.96. The molecule has 5 heteroatoms. The Morgan fingerprint density at radius 3 is 2.58 bits per heavy atom. The lowest BCUT2D eigenvalue weighted by Gasteiger charge is -2.11. The Labute approximate surface area is 119 Å². The summed E-state index contributed by atoms with van der Waals surface area (Å²) in [6.07, 6.45) is 4.05. The van der Waals surface area contributed by atoms with Gasteiger partial charge in [-0.15, -0.1) is 0 Å². The van der Waals surface area contributed by atoms with E-state index in [9.17, 15) is 9.90 Å². The number of aliphatic carboxylic acids is 1. The zero-order valence-corrected chi connectivity index (χ0v) is 11.7. The quantitative estimate of drug-likeness (QED) is 0.920. The molecule has 0 spiro atoms. The third-order valence-electron chi connectivity index (χ3n) is 2.77. The highest BCUT2D eigenvalue weighted by Gasteiger charge is 2.19. The molecule has 1 aromatic heterocycles. The summed E-state index contributed by atoms with van der Waals surface area (Å²) in [5.74, 6) is -0.783. The summed E-state index contributed by atoms with van der Waals surface area (Å²) in [5.41, 5.74) is 0.984. The fourth-order valence-corrected chi connectivity index (χ4v) is 2.30. The first-order valence-corrected chi connectivity index (χ1v) is 6.67. The van der Waals surface area contributed by atoms with Gasteiger partial charge < -0.3 is 5.11 Å². The zero-order chi connectivity index (χ0) is 13.7. The second-order valence-corrected chi connectivity index (χ2v) is 5.15. The van der Waals surface area contributed by atoms with Crippen LogP contribution in [0.2, 0.25) is 0 Å². The number of benzene rings is 1. The van der Waals surface area contributed by atoms with Gasteiger partial charge in [-0.2, -0.15) is 0 Å². The molecule has 98 valence electrons. The Balaban J connectivity index is 2.11. The molecule has 1 aromatic carbocycles. The number of hydrogen-bond acceptors (Lipinski definition) is 3. The molecular formula is C14H13BrN2O2. The summed E-state index contributed by atoms with van der Waals surface area (Å²) < 4.78 is 0.949. The topological polar surface area (TPSA) is 63.1 Å². The van der Waals surface area contributed by atoms with Crippen molar-refractivity contribution >= 4 is 21.9 Å². The molecule has 0 radical (unpaired) electrons. The maximum absolute atomic E-state index is 11.3. The molecule has 0 saturated heterocycles. The first kappa shape index (κ1) is 13.7. The van der Waals surface area contributed by atoms with Crippen LogP contribution in [-0.2, 0) is 17.6 Å². The third kappa shape index (κ3) is 4.13. The van der Waals surface area contributed by atoms with Crippen molar-refractivity contribution in [2.45, 2.75) is 12.8 Å². The van der Waals surface area contributed by atoms with Gasteiger partial charge in [0.1, 0.15) is 5.82 Å².